The van der Waals surface area contributed by atoms with Gasteiger partial charge in [0.05, 0.1) is 0 Å². The van der Waals surface area contributed by atoms with Gasteiger partial charge in [-0.3, -0.25) is 0 Å². The van der Waals surface area contributed by atoms with Crippen LogP contribution >= 0.6 is 11.5 Å². The molecule has 16 heavy (non-hydrogen) atoms. The molecule has 0 bridgehead atoms. The zero-order valence-corrected chi connectivity index (χ0v) is 10.9. The quantitative estimate of drug-likeness (QED) is 0.874. The van der Waals surface area contributed by atoms with E-state index in [0.717, 1.165) is 18.1 Å². The standard InChI is InChI=1S/C9H15N3O2S2/c1-12(5-6-3-4-6)9-7(16(2,13)14)8(10)11-15-9/h6H,3-5H2,1-2H3,(H2,10,11). The molecular weight excluding hydrogens is 246 g/mol. The molecule has 1 aliphatic carbocycles. The van der Waals surface area contributed by atoms with Gasteiger partial charge in [-0.2, -0.15) is 4.37 Å². The third-order valence-electron chi connectivity index (χ3n) is 2.60. The highest BCUT2D eigenvalue weighted by Crippen LogP contribution is 2.37. The van der Waals surface area contributed by atoms with E-state index in [0.29, 0.717) is 10.9 Å². The third-order valence-corrected chi connectivity index (χ3v) is 4.85. The number of hydrogen-bond donors (Lipinski definition) is 1. The minimum absolute atomic E-state index is 0.116. The summed E-state index contributed by atoms with van der Waals surface area (Å²) in [4.78, 5) is 2.13. The molecule has 1 aromatic rings. The lowest BCUT2D eigenvalue weighted by Crippen LogP contribution is -2.20. The van der Waals surface area contributed by atoms with E-state index in [4.69, 9.17) is 5.73 Å². The lowest BCUT2D eigenvalue weighted by atomic mass is 10.4. The Morgan fingerprint density at radius 2 is 2.19 bits per heavy atom. The Bertz CT molecular complexity index is 491. The molecule has 2 rings (SSSR count). The molecule has 90 valence electrons. The summed E-state index contributed by atoms with van der Waals surface area (Å²) in [6.45, 7) is 0.879. The number of nitrogen functional groups attached to an aromatic ring is 1. The van der Waals surface area contributed by atoms with Gasteiger partial charge in [-0.25, -0.2) is 8.42 Å². The highest BCUT2D eigenvalue weighted by molar-refractivity contribution is 7.91. The average molecular weight is 261 g/mol. The van der Waals surface area contributed by atoms with Crippen LogP contribution in [0.15, 0.2) is 4.90 Å². The summed E-state index contributed by atoms with van der Waals surface area (Å²) in [6, 6.07) is 0. The first-order chi connectivity index (χ1) is 7.39. The molecule has 1 heterocycles. The van der Waals surface area contributed by atoms with Gasteiger partial charge in [-0.15, -0.1) is 0 Å². The first kappa shape index (κ1) is 11.7. The minimum Gasteiger partial charge on any atom is -0.382 e. The molecule has 2 N–H and O–H groups in total. The molecule has 0 aliphatic heterocycles. The zero-order valence-electron chi connectivity index (χ0n) is 9.30. The van der Waals surface area contributed by atoms with E-state index in [-0.39, 0.29) is 10.7 Å². The van der Waals surface area contributed by atoms with Crippen molar-refractivity contribution in [2.24, 2.45) is 5.92 Å². The van der Waals surface area contributed by atoms with Crippen LogP contribution in [0.25, 0.3) is 0 Å². The molecule has 1 fully saturated rings. The number of aromatic nitrogens is 1. The Kier molecular flexibility index (Phi) is 2.83. The number of hydrogen-bond acceptors (Lipinski definition) is 6. The molecule has 0 atom stereocenters. The second kappa shape index (κ2) is 3.89. The fourth-order valence-corrected chi connectivity index (χ4v) is 3.85. The normalized spacial score (nSPS) is 16.4. The van der Waals surface area contributed by atoms with Gasteiger partial charge in [0, 0.05) is 19.8 Å². The molecule has 0 unspecified atom stereocenters. The van der Waals surface area contributed by atoms with Crippen molar-refractivity contribution >= 4 is 32.2 Å². The topological polar surface area (TPSA) is 76.3 Å². The maximum Gasteiger partial charge on any atom is 0.182 e. The van der Waals surface area contributed by atoms with E-state index in [1.54, 1.807) is 0 Å². The fourth-order valence-electron chi connectivity index (χ4n) is 1.65. The molecule has 7 heteroatoms. The molecule has 0 aromatic carbocycles. The van der Waals surface area contributed by atoms with E-state index < -0.39 is 9.84 Å². The molecule has 0 amide bonds. The maximum atomic E-state index is 11.6. The van der Waals surface area contributed by atoms with Crippen LogP contribution in [0.1, 0.15) is 12.8 Å². The van der Waals surface area contributed by atoms with Crippen molar-refractivity contribution in [1.82, 2.24) is 4.37 Å². The number of nitrogens with two attached hydrogens (primary N) is 1. The summed E-state index contributed by atoms with van der Waals surface area (Å²) in [5, 5.41) is 0.659. The highest BCUT2D eigenvalue weighted by atomic mass is 32.2. The zero-order chi connectivity index (χ0) is 11.9. The molecular formula is C9H15N3O2S2. The van der Waals surface area contributed by atoms with Gasteiger partial charge in [-0.05, 0) is 30.3 Å². The van der Waals surface area contributed by atoms with Gasteiger partial charge >= 0.3 is 0 Å². The molecule has 5 nitrogen and oxygen atoms in total. The van der Waals surface area contributed by atoms with Crippen LogP contribution < -0.4 is 10.6 Å². The summed E-state index contributed by atoms with van der Waals surface area (Å²) in [6.07, 6.45) is 3.63. The van der Waals surface area contributed by atoms with Crippen LogP contribution in [-0.4, -0.2) is 32.6 Å². The van der Waals surface area contributed by atoms with Gasteiger partial charge in [0.1, 0.15) is 9.90 Å². The summed E-state index contributed by atoms with van der Waals surface area (Å²) < 4.78 is 27.1. The van der Waals surface area contributed by atoms with Crippen molar-refractivity contribution < 1.29 is 8.42 Å². The molecule has 0 spiro atoms. The second-order valence-electron chi connectivity index (χ2n) is 4.30. The summed E-state index contributed by atoms with van der Waals surface area (Å²) in [5.74, 6) is 0.811. The van der Waals surface area contributed by atoms with E-state index in [1.807, 2.05) is 11.9 Å². The summed E-state index contributed by atoms with van der Waals surface area (Å²) in [5.41, 5.74) is 5.61. The van der Waals surface area contributed by atoms with Crippen molar-refractivity contribution in [2.45, 2.75) is 17.7 Å². The Labute approximate surface area is 99.3 Å². The Morgan fingerprint density at radius 1 is 1.56 bits per heavy atom. The van der Waals surface area contributed by atoms with E-state index in [1.165, 1.54) is 19.1 Å². The van der Waals surface area contributed by atoms with Gasteiger partial charge < -0.3 is 10.6 Å². The lowest BCUT2D eigenvalue weighted by molar-refractivity contribution is 0.602. The fraction of sp³-hybridized carbons (Fsp3) is 0.667. The first-order valence-corrected chi connectivity index (χ1v) is 7.72. The third kappa shape index (κ3) is 2.30. The predicted octanol–water partition coefficient (Wildman–Crippen LogP) is 0.975. The van der Waals surface area contributed by atoms with Crippen LogP contribution in [0.3, 0.4) is 0 Å². The monoisotopic (exact) mass is 261 g/mol. The molecule has 0 saturated heterocycles. The van der Waals surface area contributed by atoms with Crippen LogP contribution in [0.5, 0.6) is 0 Å². The SMILES string of the molecule is CN(CC1CC1)c1snc(N)c1S(C)(=O)=O. The highest BCUT2D eigenvalue weighted by Gasteiger charge is 2.28. The van der Waals surface area contributed by atoms with Crippen molar-refractivity contribution in [3.63, 3.8) is 0 Å². The van der Waals surface area contributed by atoms with E-state index >= 15 is 0 Å². The molecule has 1 aliphatic rings. The number of nitrogens with zero attached hydrogens (tertiary/aromatic N) is 2. The predicted molar refractivity (Wildman–Crippen MR) is 65.6 cm³/mol. The van der Waals surface area contributed by atoms with Gasteiger partial charge in [0.15, 0.2) is 15.7 Å². The van der Waals surface area contributed by atoms with Crippen LogP contribution in [-0.2, 0) is 9.84 Å². The molecule has 0 radical (unpaired) electrons. The lowest BCUT2D eigenvalue weighted by Gasteiger charge is -2.17. The number of anilines is 2. The van der Waals surface area contributed by atoms with Crippen LogP contribution in [0, 0.1) is 5.92 Å². The van der Waals surface area contributed by atoms with Gasteiger partial charge in [-0.1, -0.05) is 0 Å². The first-order valence-electron chi connectivity index (χ1n) is 5.06. The van der Waals surface area contributed by atoms with E-state index in [2.05, 4.69) is 4.37 Å². The van der Waals surface area contributed by atoms with Crippen molar-refractivity contribution in [1.29, 1.82) is 0 Å². The van der Waals surface area contributed by atoms with Crippen LogP contribution in [0.2, 0.25) is 0 Å². The smallest absolute Gasteiger partial charge is 0.182 e. The Balaban J connectivity index is 2.32. The van der Waals surface area contributed by atoms with Crippen molar-refractivity contribution in [3.8, 4) is 0 Å². The Morgan fingerprint density at radius 3 is 2.69 bits per heavy atom. The molecule has 1 saturated carbocycles. The largest absolute Gasteiger partial charge is 0.382 e. The average Bonchev–Trinajstić information content (AvgIpc) is 2.84. The molecule has 1 aromatic heterocycles. The number of sulfone groups is 1. The van der Waals surface area contributed by atoms with Gasteiger partial charge in [0.25, 0.3) is 0 Å². The second-order valence-corrected chi connectivity index (χ2v) is 7.00. The van der Waals surface area contributed by atoms with Crippen molar-refractivity contribution in [3.05, 3.63) is 0 Å². The minimum atomic E-state index is -3.30. The summed E-state index contributed by atoms with van der Waals surface area (Å²) in [7, 11) is -1.41. The van der Waals surface area contributed by atoms with Crippen LogP contribution in [0.4, 0.5) is 10.8 Å². The maximum absolute atomic E-state index is 11.6. The number of rotatable bonds is 4. The van der Waals surface area contributed by atoms with E-state index in [9.17, 15) is 8.42 Å². The summed E-state index contributed by atoms with van der Waals surface area (Å²) >= 11 is 1.15. The van der Waals surface area contributed by atoms with Gasteiger partial charge in [0.2, 0.25) is 0 Å². The van der Waals surface area contributed by atoms with Crippen molar-refractivity contribution in [2.75, 3.05) is 30.5 Å². The Hall–Kier alpha value is -0.820.